The minimum absolute atomic E-state index is 0.0267. The molecule has 1 aromatic carbocycles. The first-order chi connectivity index (χ1) is 11.4. The Kier molecular flexibility index (Phi) is 5.20. The number of benzene rings is 1. The Bertz CT molecular complexity index is 895. The second-order valence-electron chi connectivity index (χ2n) is 4.90. The number of ketones is 2. The van der Waals surface area contributed by atoms with E-state index in [0.29, 0.717) is 5.56 Å². The van der Waals surface area contributed by atoms with Gasteiger partial charge in [0.15, 0.2) is 5.78 Å². The molecule has 0 bridgehead atoms. The van der Waals surface area contributed by atoms with Gasteiger partial charge in [-0.2, -0.15) is 0 Å². The lowest BCUT2D eigenvalue weighted by Crippen LogP contribution is -2.38. The first-order valence-electron chi connectivity index (χ1n) is 6.95. The van der Waals surface area contributed by atoms with E-state index < -0.39 is 35.2 Å². The van der Waals surface area contributed by atoms with Crippen LogP contribution in [-0.4, -0.2) is 34.2 Å². The third-order valence-corrected chi connectivity index (χ3v) is 3.28. The van der Waals surface area contributed by atoms with Crippen LogP contribution in [0.25, 0.3) is 0 Å². The summed E-state index contributed by atoms with van der Waals surface area (Å²) in [6, 6.07) is 8.73. The van der Waals surface area contributed by atoms with E-state index in [9.17, 15) is 24.0 Å². The number of rotatable bonds is 6. The second-order valence-corrected chi connectivity index (χ2v) is 4.90. The van der Waals surface area contributed by atoms with Crippen molar-refractivity contribution in [3.63, 3.8) is 0 Å². The summed E-state index contributed by atoms with van der Waals surface area (Å²) in [6.45, 7) is -0.0267. The maximum absolute atomic E-state index is 12.4. The molecule has 124 valence electrons. The quantitative estimate of drug-likeness (QED) is 0.342. The number of Topliss-reactive ketones (excluding diaryl/α,β-unsaturated/α-hetero) is 2. The van der Waals surface area contributed by atoms with Gasteiger partial charge in [-0.05, 0) is 5.56 Å². The van der Waals surface area contributed by atoms with E-state index in [1.807, 2.05) is 0 Å². The largest absolute Gasteiger partial charge is 0.463 e. The Morgan fingerprint density at radius 2 is 1.79 bits per heavy atom. The lowest BCUT2D eigenvalue weighted by molar-refractivity contribution is -0.151. The maximum Gasteiger partial charge on any atom is 0.374 e. The van der Waals surface area contributed by atoms with Crippen molar-refractivity contribution in [3.8, 4) is 0 Å². The average molecular weight is 330 g/mol. The molecule has 0 fully saturated rings. The van der Waals surface area contributed by atoms with Gasteiger partial charge in [-0.15, -0.1) is 0 Å². The highest BCUT2D eigenvalue weighted by Crippen LogP contribution is 2.01. The predicted octanol–water partition coefficient (Wildman–Crippen LogP) is -0.100. The summed E-state index contributed by atoms with van der Waals surface area (Å²) in [7, 11) is 1.01. The fraction of sp³-hybridized carbons (Fsp3) is 0.188. The number of aromatic nitrogens is 2. The summed E-state index contributed by atoms with van der Waals surface area (Å²) >= 11 is 0. The number of aromatic amines is 1. The fourth-order valence-electron chi connectivity index (χ4n) is 2.05. The average Bonchev–Trinajstić information content (AvgIpc) is 2.58. The van der Waals surface area contributed by atoms with Crippen LogP contribution in [0.2, 0.25) is 0 Å². The number of hydrogen-bond donors (Lipinski definition) is 1. The molecule has 1 N–H and O–H groups in total. The Morgan fingerprint density at radius 1 is 1.12 bits per heavy atom. The molecule has 2 rings (SSSR count). The Morgan fingerprint density at radius 3 is 2.42 bits per heavy atom. The Labute approximate surface area is 135 Å². The summed E-state index contributed by atoms with van der Waals surface area (Å²) in [6.07, 6.45) is 0.137. The first kappa shape index (κ1) is 17.1. The molecule has 0 radical (unpaired) electrons. The highest BCUT2D eigenvalue weighted by atomic mass is 16.5. The van der Waals surface area contributed by atoms with Gasteiger partial charge in [-0.1, -0.05) is 30.3 Å². The number of nitrogens with zero attached hydrogens (tertiary/aromatic N) is 1. The molecule has 24 heavy (non-hydrogen) atoms. The molecule has 0 unspecified atom stereocenters. The van der Waals surface area contributed by atoms with E-state index >= 15 is 0 Å². The molecular weight excluding hydrogens is 316 g/mol. The van der Waals surface area contributed by atoms with Crippen molar-refractivity contribution >= 4 is 17.5 Å². The zero-order chi connectivity index (χ0) is 17.7. The lowest BCUT2D eigenvalue weighted by atomic mass is 10.1. The van der Waals surface area contributed by atoms with Gasteiger partial charge in [0.2, 0.25) is 5.78 Å². The normalized spacial score (nSPS) is 10.2. The molecule has 0 aliphatic heterocycles. The van der Waals surface area contributed by atoms with Crippen LogP contribution in [0.15, 0.2) is 46.1 Å². The van der Waals surface area contributed by atoms with Crippen molar-refractivity contribution < 1.29 is 19.1 Å². The third kappa shape index (κ3) is 3.72. The van der Waals surface area contributed by atoms with Gasteiger partial charge in [-0.3, -0.25) is 19.0 Å². The molecule has 1 aromatic heterocycles. The van der Waals surface area contributed by atoms with Crippen LogP contribution in [-0.2, 0) is 20.9 Å². The van der Waals surface area contributed by atoms with Gasteiger partial charge in [0.1, 0.15) is 0 Å². The highest BCUT2D eigenvalue weighted by molar-refractivity contribution is 6.38. The van der Waals surface area contributed by atoms with Gasteiger partial charge in [0, 0.05) is 6.20 Å². The SMILES string of the molecule is COC(=O)C(=O)CC(=O)c1c[nH]c(=O)n(Cc2ccccc2)c1=O. The number of hydrogen-bond acceptors (Lipinski definition) is 6. The first-order valence-corrected chi connectivity index (χ1v) is 6.95. The van der Waals surface area contributed by atoms with Crippen LogP contribution < -0.4 is 11.2 Å². The molecule has 0 aliphatic carbocycles. The standard InChI is InChI=1S/C16H14N2O6/c1-24-15(22)13(20)7-12(19)11-8-17-16(23)18(14(11)21)9-10-5-3-2-4-6-10/h2-6,8H,7,9H2,1H3,(H,17,23). The zero-order valence-electron chi connectivity index (χ0n) is 12.8. The monoisotopic (exact) mass is 330 g/mol. The number of carbonyl (C=O) groups excluding carboxylic acids is 3. The van der Waals surface area contributed by atoms with E-state index in [1.54, 1.807) is 30.3 Å². The molecule has 0 atom stereocenters. The van der Waals surface area contributed by atoms with Crippen molar-refractivity contribution in [2.75, 3.05) is 7.11 Å². The van der Waals surface area contributed by atoms with Gasteiger partial charge in [0.05, 0.1) is 25.6 Å². The van der Waals surface area contributed by atoms with Gasteiger partial charge < -0.3 is 9.72 Å². The van der Waals surface area contributed by atoms with Gasteiger partial charge in [0.25, 0.3) is 5.56 Å². The van der Waals surface area contributed by atoms with E-state index in [0.717, 1.165) is 17.9 Å². The minimum Gasteiger partial charge on any atom is -0.463 e. The van der Waals surface area contributed by atoms with Gasteiger partial charge >= 0.3 is 11.7 Å². The fourth-order valence-corrected chi connectivity index (χ4v) is 2.05. The molecule has 0 amide bonds. The van der Waals surface area contributed by atoms with Crippen LogP contribution in [0, 0.1) is 0 Å². The van der Waals surface area contributed by atoms with Crippen molar-refractivity contribution in [3.05, 3.63) is 68.5 Å². The number of ether oxygens (including phenoxy) is 1. The van der Waals surface area contributed by atoms with Crippen molar-refractivity contribution in [2.45, 2.75) is 13.0 Å². The molecular formula is C16H14N2O6. The molecule has 0 spiro atoms. The van der Waals surface area contributed by atoms with Crippen LogP contribution in [0.5, 0.6) is 0 Å². The summed E-state index contributed by atoms with van der Waals surface area (Å²) in [5, 5.41) is 0. The molecule has 8 heteroatoms. The summed E-state index contributed by atoms with van der Waals surface area (Å²) in [4.78, 5) is 61.0. The van der Waals surface area contributed by atoms with E-state index in [4.69, 9.17) is 0 Å². The van der Waals surface area contributed by atoms with Crippen molar-refractivity contribution in [2.24, 2.45) is 0 Å². The predicted molar refractivity (Wildman–Crippen MR) is 82.8 cm³/mol. The minimum atomic E-state index is -1.17. The topological polar surface area (TPSA) is 115 Å². The number of nitrogens with one attached hydrogen (secondary N) is 1. The summed E-state index contributed by atoms with van der Waals surface area (Å²) < 4.78 is 5.07. The molecule has 1 heterocycles. The summed E-state index contributed by atoms with van der Waals surface area (Å²) in [5.74, 6) is -3.10. The summed E-state index contributed by atoms with van der Waals surface area (Å²) in [5.41, 5.74) is -1.19. The van der Waals surface area contributed by atoms with E-state index in [2.05, 4.69) is 9.72 Å². The van der Waals surface area contributed by atoms with Crippen LogP contribution in [0.3, 0.4) is 0 Å². The van der Waals surface area contributed by atoms with E-state index in [-0.39, 0.29) is 12.1 Å². The molecule has 0 aliphatic rings. The van der Waals surface area contributed by atoms with Gasteiger partial charge in [-0.25, -0.2) is 9.59 Å². The van der Waals surface area contributed by atoms with Crippen molar-refractivity contribution in [1.29, 1.82) is 0 Å². The van der Waals surface area contributed by atoms with E-state index in [1.165, 1.54) is 0 Å². The number of methoxy groups -OCH3 is 1. The molecule has 0 saturated heterocycles. The second kappa shape index (κ2) is 7.32. The molecule has 2 aromatic rings. The molecule has 8 nitrogen and oxygen atoms in total. The zero-order valence-corrected chi connectivity index (χ0v) is 12.8. The maximum atomic E-state index is 12.4. The van der Waals surface area contributed by atoms with Crippen LogP contribution >= 0.6 is 0 Å². The lowest BCUT2D eigenvalue weighted by Gasteiger charge is -2.06. The Balaban J connectivity index is 2.33. The number of H-pyrrole nitrogens is 1. The van der Waals surface area contributed by atoms with Crippen molar-refractivity contribution in [1.82, 2.24) is 9.55 Å². The van der Waals surface area contributed by atoms with Crippen LogP contribution in [0.1, 0.15) is 22.3 Å². The smallest absolute Gasteiger partial charge is 0.374 e. The number of esters is 1. The number of carbonyl (C=O) groups is 3. The Hall–Kier alpha value is -3.29. The van der Waals surface area contributed by atoms with Crippen LogP contribution in [0.4, 0.5) is 0 Å². The highest BCUT2D eigenvalue weighted by Gasteiger charge is 2.22. The third-order valence-electron chi connectivity index (χ3n) is 3.28. The molecule has 0 saturated carbocycles.